The van der Waals surface area contributed by atoms with E-state index in [4.69, 9.17) is 9.63 Å². The third kappa shape index (κ3) is 7.50. The summed E-state index contributed by atoms with van der Waals surface area (Å²) < 4.78 is 63.3. The molecule has 1 aliphatic heterocycles. The second-order valence-electron chi connectivity index (χ2n) is 8.03. The average molecular weight is 503 g/mol. The zero-order valence-electron chi connectivity index (χ0n) is 18.2. The van der Waals surface area contributed by atoms with Crippen molar-refractivity contribution in [2.75, 3.05) is 32.1 Å². The van der Waals surface area contributed by atoms with Crippen LogP contribution in [0.4, 0.5) is 13.2 Å². The van der Waals surface area contributed by atoms with Crippen LogP contribution in [-0.2, 0) is 25.8 Å². The highest BCUT2D eigenvalue weighted by Crippen LogP contribution is 2.39. The molecule has 0 amide bonds. The van der Waals surface area contributed by atoms with Crippen LogP contribution in [0.5, 0.6) is 0 Å². The minimum Gasteiger partial charge on any atom is -0.379 e. The summed E-state index contributed by atoms with van der Waals surface area (Å²) in [4.78, 5) is 8.80. The number of ether oxygens (including phenoxy) is 1. The highest BCUT2D eigenvalue weighted by Gasteiger charge is 2.41. The molecule has 1 unspecified atom stereocenters. The Morgan fingerprint density at radius 1 is 1.09 bits per heavy atom. The number of hydrogen-bond acceptors (Lipinski definition) is 5. The maximum absolute atomic E-state index is 14.4. The molecule has 1 fully saturated rings. The van der Waals surface area contributed by atoms with Gasteiger partial charge in [0.15, 0.2) is 0 Å². The summed E-state index contributed by atoms with van der Waals surface area (Å²) in [5, 5.41) is 2.96. The lowest BCUT2D eigenvalue weighted by Gasteiger charge is -2.42. The third-order valence-electron chi connectivity index (χ3n) is 5.63. The second-order valence-corrected chi connectivity index (χ2v) is 9.90. The molecule has 0 bridgehead atoms. The van der Waals surface area contributed by atoms with Gasteiger partial charge in [0.2, 0.25) is 0 Å². The molecule has 10 heteroatoms. The molecule has 1 saturated heterocycles. The second kappa shape index (κ2) is 12.8. The van der Waals surface area contributed by atoms with E-state index in [1.54, 1.807) is 6.07 Å². The Balaban J connectivity index is 1.41. The van der Waals surface area contributed by atoms with Gasteiger partial charge in [0.05, 0.1) is 13.2 Å². The van der Waals surface area contributed by atoms with Crippen LogP contribution >= 0.6 is 20.0 Å². The van der Waals surface area contributed by atoms with E-state index < -0.39 is 19.9 Å². The summed E-state index contributed by atoms with van der Waals surface area (Å²) in [6, 6.07) is 9.21. The molecule has 0 aromatic heterocycles. The van der Waals surface area contributed by atoms with Crippen molar-refractivity contribution in [1.29, 1.82) is 0 Å². The number of nitrogens with one attached hydrogen (secondary N) is 1. The Bertz CT molecular complexity index is 946. The van der Waals surface area contributed by atoms with Gasteiger partial charge in [0, 0.05) is 27.0 Å². The highest BCUT2D eigenvalue weighted by molar-refractivity contribution is 7.99. The lowest BCUT2D eigenvalue weighted by Crippen LogP contribution is -2.47. The summed E-state index contributed by atoms with van der Waals surface area (Å²) in [6.45, 7) is 1.72. The number of unbranched alkanes of at least 4 members (excludes halogenated alkanes) is 1. The Morgan fingerprint density at radius 3 is 2.58 bits per heavy atom. The Hall–Kier alpha value is -1.48. The summed E-state index contributed by atoms with van der Waals surface area (Å²) in [5.41, 5.74) is 0.629. The van der Waals surface area contributed by atoms with Gasteiger partial charge in [-0.2, -0.15) is 0 Å². The molecule has 0 saturated carbocycles. The van der Waals surface area contributed by atoms with E-state index >= 15 is 0 Å². The first kappa shape index (κ1) is 26.1. The quantitative estimate of drug-likeness (QED) is 0.203. The van der Waals surface area contributed by atoms with Crippen LogP contribution in [0.3, 0.4) is 0 Å². The molecule has 5 nitrogen and oxygen atoms in total. The van der Waals surface area contributed by atoms with Gasteiger partial charge in [-0.05, 0) is 55.3 Å². The van der Waals surface area contributed by atoms with E-state index in [2.05, 4.69) is 9.84 Å². The third-order valence-corrected chi connectivity index (χ3v) is 7.15. The molecular weight excluding hydrogens is 474 g/mol. The van der Waals surface area contributed by atoms with Crippen LogP contribution in [0.25, 0.3) is 0 Å². The number of halogens is 3. The normalized spacial score (nSPS) is 15.3. The molecule has 0 aliphatic carbocycles. The van der Waals surface area contributed by atoms with E-state index in [-0.39, 0.29) is 34.8 Å². The van der Waals surface area contributed by atoms with E-state index in [0.29, 0.717) is 37.5 Å². The van der Waals surface area contributed by atoms with E-state index in [9.17, 15) is 17.7 Å². The fourth-order valence-electron chi connectivity index (χ4n) is 3.80. The summed E-state index contributed by atoms with van der Waals surface area (Å²) in [6.07, 6.45) is 2.90. The van der Waals surface area contributed by atoms with E-state index in [0.717, 1.165) is 19.3 Å². The standard InChI is InChI=1S/C23H27F3NO4PS/c24-19-7-2-1-6-18(19)23(15-30-16-23)8-3-4-11-33-22-13-20(25)17(12-21(22)26)14-27-9-5-10-31-32(28)29/h1-2,6-7,12-13,27H,3-5,8-11,14-16H2/p+1. The van der Waals surface area contributed by atoms with Crippen LogP contribution in [0.1, 0.15) is 36.8 Å². The maximum Gasteiger partial charge on any atom is 0.694 e. The Labute approximate surface area is 197 Å². The monoisotopic (exact) mass is 502 g/mol. The van der Waals surface area contributed by atoms with Gasteiger partial charge in [-0.15, -0.1) is 21.2 Å². The van der Waals surface area contributed by atoms with Gasteiger partial charge in [-0.3, -0.25) is 0 Å². The molecule has 1 atom stereocenters. The molecule has 2 N–H and O–H groups in total. The largest absolute Gasteiger partial charge is 0.694 e. The smallest absolute Gasteiger partial charge is 0.379 e. The van der Waals surface area contributed by atoms with Crippen molar-refractivity contribution in [3.63, 3.8) is 0 Å². The maximum atomic E-state index is 14.4. The summed E-state index contributed by atoms with van der Waals surface area (Å²) in [7, 11) is -2.61. The lowest BCUT2D eigenvalue weighted by atomic mass is 9.74. The van der Waals surface area contributed by atoms with Crippen LogP contribution in [0, 0.1) is 17.5 Å². The van der Waals surface area contributed by atoms with Gasteiger partial charge < -0.3 is 10.1 Å². The van der Waals surface area contributed by atoms with E-state index in [1.165, 1.54) is 30.0 Å². The van der Waals surface area contributed by atoms with E-state index in [1.807, 2.05) is 12.1 Å². The molecule has 2 aromatic carbocycles. The van der Waals surface area contributed by atoms with Crippen LogP contribution in [0.15, 0.2) is 41.3 Å². The Kier molecular flexibility index (Phi) is 10.2. The van der Waals surface area contributed by atoms with Gasteiger partial charge in [0.25, 0.3) is 0 Å². The van der Waals surface area contributed by atoms with Crippen molar-refractivity contribution >= 4 is 20.0 Å². The minimum absolute atomic E-state index is 0.111. The first-order valence-electron chi connectivity index (χ1n) is 10.8. The predicted octanol–water partition coefficient (Wildman–Crippen LogP) is 5.48. The average Bonchev–Trinajstić information content (AvgIpc) is 2.75. The van der Waals surface area contributed by atoms with Crippen LogP contribution in [0.2, 0.25) is 0 Å². The topological polar surface area (TPSA) is 67.8 Å². The fraction of sp³-hybridized carbons (Fsp3) is 0.478. The molecule has 3 rings (SSSR count). The van der Waals surface area contributed by atoms with Crippen molar-refractivity contribution in [2.24, 2.45) is 0 Å². The van der Waals surface area contributed by atoms with Crippen molar-refractivity contribution in [2.45, 2.75) is 42.5 Å². The first-order chi connectivity index (χ1) is 15.9. The van der Waals surface area contributed by atoms with Gasteiger partial charge in [-0.25, -0.2) is 13.2 Å². The molecule has 180 valence electrons. The predicted molar refractivity (Wildman–Crippen MR) is 122 cm³/mol. The van der Waals surface area contributed by atoms with Gasteiger partial charge in [-0.1, -0.05) is 24.6 Å². The van der Waals surface area contributed by atoms with Crippen molar-refractivity contribution < 1.29 is 31.9 Å². The molecule has 33 heavy (non-hydrogen) atoms. The molecule has 0 radical (unpaired) electrons. The molecule has 2 aromatic rings. The summed E-state index contributed by atoms with van der Waals surface area (Å²) in [5.74, 6) is -0.521. The first-order valence-corrected chi connectivity index (χ1v) is 13.0. The van der Waals surface area contributed by atoms with Crippen molar-refractivity contribution in [3.8, 4) is 0 Å². The Morgan fingerprint density at radius 2 is 1.88 bits per heavy atom. The SMILES string of the molecule is O=[P+](O)OCCCNCc1cc(F)c(SCCCCC2(c3ccccc3F)COC2)cc1F. The molecule has 1 heterocycles. The fourth-order valence-corrected chi connectivity index (χ4v) is 5.04. The van der Waals surface area contributed by atoms with Crippen LogP contribution < -0.4 is 5.32 Å². The number of hydrogen-bond donors (Lipinski definition) is 2. The number of rotatable bonds is 14. The van der Waals surface area contributed by atoms with Crippen molar-refractivity contribution in [3.05, 3.63) is 65.0 Å². The zero-order valence-corrected chi connectivity index (χ0v) is 19.9. The summed E-state index contributed by atoms with van der Waals surface area (Å²) >= 11 is 1.27. The highest BCUT2D eigenvalue weighted by atomic mass is 32.2. The van der Waals surface area contributed by atoms with Crippen LogP contribution in [-0.4, -0.2) is 37.0 Å². The molecular formula is C23H28F3NO4PS+. The number of thioether (sulfide) groups is 1. The lowest BCUT2D eigenvalue weighted by molar-refractivity contribution is -0.0668. The number of benzene rings is 2. The molecule has 1 aliphatic rings. The van der Waals surface area contributed by atoms with Crippen molar-refractivity contribution in [1.82, 2.24) is 5.32 Å². The zero-order chi connectivity index (χ0) is 23.7. The minimum atomic E-state index is -2.61. The van der Waals surface area contributed by atoms with Gasteiger partial charge >= 0.3 is 8.25 Å². The van der Waals surface area contributed by atoms with Gasteiger partial charge in [0.1, 0.15) is 24.1 Å². The molecule has 0 spiro atoms.